The first kappa shape index (κ1) is 20.7. The molecule has 154 valence electrons. The molecule has 7 nitrogen and oxygen atoms in total. The van der Waals surface area contributed by atoms with Crippen LogP contribution in [0.25, 0.3) is 0 Å². The molecule has 1 aliphatic heterocycles. The average molecular weight is 399 g/mol. The van der Waals surface area contributed by atoms with Crippen LogP contribution in [0.15, 0.2) is 54.6 Å². The van der Waals surface area contributed by atoms with Crippen LogP contribution in [0.2, 0.25) is 0 Å². The van der Waals surface area contributed by atoms with E-state index >= 15 is 0 Å². The van der Waals surface area contributed by atoms with Crippen molar-refractivity contribution in [2.75, 3.05) is 7.11 Å². The Hall–Kier alpha value is -3.06. The molecule has 1 heterocycles. The lowest BCUT2D eigenvalue weighted by Crippen LogP contribution is -2.40. The predicted octanol–water partition coefficient (Wildman–Crippen LogP) is 4.16. The van der Waals surface area contributed by atoms with Crippen LogP contribution in [0.5, 0.6) is 5.75 Å². The van der Waals surface area contributed by atoms with Gasteiger partial charge in [-0.05, 0) is 38.5 Å². The lowest BCUT2D eigenvalue weighted by atomic mass is 10.0. The van der Waals surface area contributed by atoms with E-state index in [1.165, 1.54) is 4.90 Å². The molecule has 0 radical (unpaired) electrons. The number of rotatable bonds is 4. The standard InChI is InChI=1S/C22H25NO6/c1-22(2,3)29-21(26)23-17(14-8-6-5-7-9-14)18(20(24)25)28-19(23)15-10-12-16(27-4)13-11-15/h5-13,17-19H,1-4H3,(H,24,25)/t17?,18-,19+/m1/s1. The molecule has 0 bridgehead atoms. The number of ether oxygens (including phenoxy) is 3. The molecule has 1 aliphatic rings. The van der Waals surface area contributed by atoms with Crippen molar-refractivity contribution in [2.24, 2.45) is 0 Å². The number of carbonyl (C=O) groups is 2. The first-order valence-corrected chi connectivity index (χ1v) is 9.30. The Balaban J connectivity index is 2.07. The van der Waals surface area contributed by atoms with Gasteiger partial charge in [-0.25, -0.2) is 9.59 Å². The van der Waals surface area contributed by atoms with E-state index in [-0.39, 0.29) is 0 Å². The number of carboxylic acids is 1. The highest BCUT2D eigenvalue weighted by Gasteiger charge is 2.51. The van der Waals surface area contributed by atoms with Crippen molar-refractivity contribution in [2.45, 2.75) is 44.7 Å². The van der Waals surface area contributed by atoms with Crippen LogP contribution in [-0.2, 0) is 14.3 Å². The van der Waals surface area contributed by atoms with Crippen LogP contribution in [0, 0.1) is 0 Å². The number of amides is 1. The number of aliphatic carboxylic acids is 1. The van der Waals surface area contributed by atoms with Gasteiger partial charge in [0.2, 0.25) is 0 Å². The minimum Gasteiger partial charge on any atom is -0.497 e. The topological polar surface area (TPSA) is 85.3 Å². The molecule has 1 N–H and O–H groups in total. The Labute approximate surface area is 169 Å². The smallest absolute Gasteiger partial charge is 0.413 e. The maximum absolute atomic E-state index is 13.1. The molecule has 1 fully saturated rings. The summed E-state index contributed by atoms with van der Waals surface area (Å²) < 4.78 is 16.7. The Morgan fingerprint density at radius 3 is 2.14 bits per heavy atom. The summed E-state index contributed by atoms with van der Waals surface area (Å²) in [5, 5.41) is 9.80. The van der Waals surface area contributed by atoms with E-state index < -0.39 is 36.0 Å². The van der Waals surface area contributed by atoms with Gasteiger partial charge in [0.05, 0.1) is 7.11 Å². The zero-order valence-electron chi connectivity index (χ0n) is 16.9. The summed E-state index contributed by atoms with van der Waals surface area (Å²) in [6, 6.07) is 15.1. The fourth-order valence-electron chi connectivity index (χ4n) is 3.28. The zero-order chi connectivity index (χ0) is 21.2. The van der Waals surface area contributed by atoms with E-state index in [2.05, 4.69) is 0 Å². The van der Waals surface area contributed by atoms with E-state index in [4.69, 9.17) is 14.2 Å². The first-order valence-electron chi connectivity index (χ1n) is 9.30. The molecular formula is C22H25NO6. The Kier molecular flexibility index (Phi) is 5.79. The van der Waals surface area contributed by atoms with Gasteiger partial charge in [-0.3, -0.25) is 4.90 Å². The quantitative estimate of drug-likeness (QED) is 0.831. The van der Waals surface area contributed by atoms with Gasteiger partial charge in [0.25, 0.3) is 0 Å². The number of hydrogen-bond donors (Lipinski definition) is 1. The van der Waals surface area contributed by atoms with Crippen LogP contribution < -0.4 is 4.74 Å². The van der Waals surface area contributed by atoms with Gasteiger partial charge in [0, 0.05) is 5.56 Å². The number of benzene rings is 2. The molecule has 7 heteroatoms. The molecular weight excluding hydrogens is 374 g/mol. The summed E-state index contributed by atoms with van der Waals surface area (Å²) >= 11 is 0. The lowest BCUT2D eigenvalue weighted by Gasteiger charge is -2.31. The summed E-state index contributed by atoms with van der Waals surface area (Å²) in [7, 11) is 1.56. The molecule has 0 aliphatic carbocycles. The van der Waals surface area contributed by atoms with Crippen LogP contribution in [0.4, 0.5) is 4.79 Å². The second-order valence-electron chi connectivity index (χ2n) is 7.76. The molecule has 29 heavy (non-hydrogen) atoms. The van der Waals surface area contributed by atoms with E-state index in [0.717, 1.165) is 0 Å². The number of methoxy groups -OCH3 is 1. The molecule has 0 aromatic heterocycles. The molecule has 0 saturated carbocycles. The molecule has 3 atom stereocenters. The normalized spacial score (nSPS) is 21.7. The third kappa shape index (κ3) is 4.51. The number of nitrogens with zero attached hydrogens (tertiary/aromatic N) is 1. The number of carbonyl (C=O) groups excluding carboxylic acids is 1. The Morgan fingerprint density at radius 2 is 1.62 bits per heavy atom. The summed E-state index contributed by atoms with van der Waals surface area (Å²) in [6.45, 7) is 5.28. The van der Waals surface area contributed by atoms with E-state index in [9.17, 15) is 14.7 Å². The van der Waals surface area contributed by atoms with Crippen molar-refractivity contribution < 1.29 is 28.9 Å². The van der Waals surface area contributed by atoms with Crippen LogP contribution >= 0.6 is 0 Å². The maximum Gasteiger partial charge on any atom is 0.413 e. The fourth-order valence-corrected chi connectivity index (χ4v) is 3.28. The summed E-state index contributed by atoms with van der Waals surface area (Å²) in [5.41, 5.74) is 0.535. The molecule has 0 spiro atoms. The molecule has 1 amide bonds. The predicted molar refractivity (Wildman–Crippen MR) is 105 cm³/mol. The second-order valence-corrected chi connectivity index (χ2v) is 7.76. The van der Waals surface area contributed by atoms with Crippen molar-refractivity contribution in [1.82, 2.24) is 4.90 Å². The van der Waals surface area contributed by atoms with Crippen molar-refractivity contribution in [3.8, 4) is 5.75 Å². The highest BCUT2D eigenvalue weighted by molar-refractivity contribution is 5.77. The van der Waals surface area contributed by atoms with Crippen molar-refractivity contribution in [1.29, 1.82) is 0 Å². The molecule has 3 rings (SSSR count). The second kappa shape index (κ2) is 8.13. The third-order valence-electron chi connectivity index (χ3n) is 4.50. The van der Waals surface area contributed by atoms with Crippen molar-refractivity contribution in [3.05, 3.63) is 65.7 Å². The fraction of sp³-hybridized carbons (Fsp3) is 0.364. The van der Waals surface area contributed by atoms with Gasteiger partial charge in [-0.2, -0.15) is 0 Å². The van der Waals surface area contributed by atoms with Gasteiger partial charge in [0.15, 0.2) is 12.3 Å². The van der Waals surface area contributed by atoms with Gasteiger partial charge >= 0.3 is 12.1 Å². The Morgan fingerprint density at radius 1 is 1.00 bits per heavy atom. The molecule has 1 unspecified atom stereocenters. The number of carboxylic acid groups (broad SMARTS) is 1. The highest BCUT2D eigenvalue weighted by atomic mass is 16.6. The monoisotopic (exact) mass is 399 g/mol. The molecule has 2 aromatic rings. The molecule has 1 saturated heterocycles. The maximum atomic E-state index is 13.1. The lowest BCUT2D eigenvalue weighted by molar-refractivity contribution is -0.150. The number of hydrogen-bond acceptors (Lipinski definition) is 5. The van der Waals surface area contributed by atoms with Crippen molar-refractivity contribution in [3.63, 3.8) is 0 Å². The summed E-state index contributed by atoms with van der Waals surface area (Å²) in [6.07, 6.45) is -2.80. The van der Waals surface area contributed by atoms with E-state index in [1.807, 2.05) is 6.07 Å². The minimum atomic E-state index is -1.24. The van der Waals surface area contributed by atoms with Gasteiger partial charge < -0.3 is 19.3 Å². The highest BCUT2D eigenvalue weighted by Crippen LogP contribution is 2.44. The van der Waals surface area contributed by atoms with Crippen LogP contribution in [0.3, 0.4) is 0 Å². The molecule has 2 aromatic carbocycles. The van der Waals surface area contributed by atoms with Gasteiger partial charge in [-0.15, -0.1) is 0 Å². The summed E-state index contributed by atoms with van der Waals surface area (Å²) in [5.74, 6) is -0.506. The Bertz CT molecular complexity index is 859. The van der Waals surface area contributed by atoms with Crippen LogP contribution in [0.1, 0.15) is 44.2 Å². The van der Waals surface area contributed by atoms with E-state index in [0.29, 0.717) is 16.9 Å². The first-order chi connectivity index (χ1) is 13.7. The van der Waals surface area contributed by atoms with Crippen LogP contribution in [-0.4, -0.2) is 40.9 Å². The minimum absolute atomic E-state index is 0.626. The summed E-state index contributed by atoms with van der Waals surface area (Å²) in [4.78, 5) is 26.5. The van der Waals surface area contributed by atoms with Gasteiger partial charge in [-0.1, -0.05) is 42.5 Å². The SMILES string of the molecule is COc1ccc([C@@H]2O[C@@H](C(=O)O)C(c3ccccc3)N2C(=O)OC(C)(C)C)cc1. The van der Waals surface area contributed by atoms with Gasteiger partial charge in [0.1, 0.15) is 17.4 Å². The van der Waals surface area contributed by atoms with Crippen molar-refractivity contribution >= 4 is 12.1 Å². The largest absolute Gasteiger partial charge is 0.497 e. The zero-order valence-corrected chi connectivity index (χ0v) is 16.9. The average Bonchev–Trinajstić information content (AvgIpc) is 3.08. The van der Waals surface area contributed by atoms with E-state index in [1.54, 1.807) is 76.4 Å². The third-order valence-corrected chi connectivity index (χ3v) is 4.50.